The third-order valence-corrected chi connectivity index (χ3v) is 5.39. The van der Waals surface area contributed by atoms with Crippen LogP contribution in [0.1, 0.15) is 45.9 Å². The van der Waals surface area contributed by atoms with Gasteiger partial charge in [0.2, 0.25) is 0 Å². The summed E-state index contributed by atoms with van der Waals surface area (Å²) in [6, 6.07) is 16.3. The first-order valence-electron chi connectivity index (χ1n) is 8.84. The fourth-order valence-corrected chi connectivity index (χ4v) is 3.64. The summed E-state index contributed by atoms with van der Waals surface area (Å²) in [6.07, 6.45) is 2.59. The predicted octanol–water partition coefficient (Wildman–Crippen LogP) is 5.19. The Morgan fingerprint density at radius 3 is 2.62 bits per heavy atom. The van der Waals surface area contributed by atoms with E-state index < -0.39 is 0 Å². The summed E-state index contributed by atoms with van der Waals surface area (Å²) < 4.78 is 0. The van der Waals surface area contributed by atoms with Crippen molar-refractivity contribution >= 4 is 28.1 Å². The number of rotatable bonds is 6. The highest BCUT2D eigenvalue weighted by Gasteiger charge is 2.25. The van der Waals surface area contributed by atoms with Crippen molar-refractivity contribution in [3.05, 3.63) is 76.3 Å². The topological polar surface area (TPSA) is 54.0 Å². The maximum atomic E-state index is 12.3. The normalized spacial score (nSPS) is 13.4. The average molecular weight is 363 g/mol. The largest absolute Gasteiger partial charge is 0.381 e. The fraction of sp³-hybridized carbons (Fsp3) is 0.238. The van der Waals surface area contributed by atoms with E-state index >= 15 is 0 Å². The standard InChI is InChI=1S/C21H21N3OS/c1-14-13-26-21(23-14)24-20(25)17-8-6-15(7-9-17)12-22-19-5-3-2-4-18(19)16-10-11-16/h2-9,13,16,22H,10-12H2,1H3,(H,23,24,25). The third-order valence-electron chi connectivity index (χ3n) is 4.52. The maximum absolute atomic E-state index is 12.3. The van der Waals surface area contributed by atoms with Crippen molar-refractivity contribution in [3.8, 4) is 0 Å². The zero-order valence-electron chi connectivity index (χ0n) is 14.7. The van der Waals surface area contributed by atoms with Crippen molar-refractivity contribution in [2.24, 2.45) is 0 Å². The van der Waals surface area contributed by atoms with E-state index in [-0.39, 0.29) is 5.91 Å². The van der Waals surface area contributed by atoms with E-state index in [1.54, 1.807) is 0 Å². The van der Waals surface area contributed by atoms with Crippen molar-refractivity contribution in [1.29, 1.82) is 0 Å². The number of anilines is 2. The highest BCUT2D eigenvalue weighted by atomic mass is 32.1. The minimum Gasteiger partial charge on any atom is -0.381 e. The van der Waals surface area contributed by atoms with Gasteiger partial charge in [0.05, 0.1) is 5.69 Å². The molecule has 26 heavy (non-hydrogen) atoms. The Morgan fingerprint density at radius 1 is 1.15 bits per heavy atom. The average Bonchev–Trinajstić information content (AvgIpc) is 3.43. The second-order valence-corrected chi connectivity index (χ2v) is 7.52. The molecule has 1 saturated carbocycles. The first kappa shape index (κ1) is 16.8. The summed E-state index contributed by atoms with van der Waals surface area (Å²) >= 11 is 1.44. The summed E-state index contributed by atoms with van der Waals surface area (Å²) in [5, 5.41) is 8.92. The number of thiazole rings is 1. The fourth-order valence-electron chi connectivity index (χ4n) is 2.96. The van der Waals surface area contributed by atoms with Crippen LogP contribution in [0.2, 0.25) is 0 Å². The number of carbonyl (C=O) groups excluding carboxylic acids is 1. The molecule has 2 aromatic carbocycles. The van der Waals surface area contributed by atoms with Crippen molar-refractivity contribution < 1.29 is 4.79 Å². The van der Waals surface area contributed by atoms with Crippen LogP contribution in [-0.2, 0) is 6.54 Å². The van der Waals surface area contributed by atoms with Gasteiger partial charge in [0, 0.05) is 23.2 Å². The molecule has 1 fully saturated rings. The quantitative estimate of drug-likeness (QED) is 0.633. The van der Waals surface area contributed by atoms with Crippen LogP contribution in [0.3, 0.4) is 0 Å². The Labute approximate surface area is 157 Å². The highest BCUT2D eigenvalue weighted by molar-refractivity contribution is 7.13. The number of nitrogens with zero attached hydrogens (tertiary/aromatic N) is 1. The Hall–Kier alpha value is -2.66. The zero-order chi connectivity index (χ0) is 17.9. The van der Waals surface area contributed by atoms with Crippen LogP contribution in [0, 0.1) is 6.92 Å². The molecule has 0 aliphatic heterocycles. The molecule has 1 heterocycles. The molecular weight excluding hydrogens is 342 g/mol. The van der Waals surface area contributed by atoms with Crippen LogP contribution in [0.15, 0.2) is 53.9 Å². The van der Waals surface area contributed by atoms with E-state index in [1.807, 2.05) is 36.6 Å². The Balaban J connectivity index is 1.38. The summed E-state index contributed by atoms with van der Waals surface area (Å²) in [5.74, 6) is 0.595. The number of carbonyl (C=O) groups is 1. The van der Waals surface area contributed by atoms with Gasteiger partial charge in [-0.1, -0.05) is 30.3 Å². The Kier molecular flexibility index (Phi) is 4.71. The van der Waals surface area contributed by atoms with Gasteiger partial charge in [-0.2, -0.15) is 0 Å². The maximum Gasteiger partial charge on any atom is 0.257 e. The first-order valence-corrected chi connectivity index (χ1v) is 9.72. The van der Waals surface area contributed by atoms with Crippen molar-refractivity contribution in [2.45, 2.75) is 32.2 Å². The van der Waals surface area contributed by atoms with Gasteiger partial charge in [-0.05, 0) is 55.0 Å². The number of nitrogens with one attached hydrogen (secondary N) is 2. The number of para-hydroxylation sites is 1. The Bertz CT molecular complexity index is 913. The van der Waals surface area contributed by atoms with Gasteiger partial charge >= 0.3 is 0 Å². The van der Waals surface area contributed by atoms with E-state index in [4.69, 9.17) is 0 Å². The van der Waals surface area contributed by atoms with Gasteiger partial charge in [-0.3, -0.25) is 10.1 Å². The second-order valence-electron chi connectivity index (χ2n) is 6.66. The van der Waals surface area contributed by atoms with Gasteiger partial charge in [0.1, 0.15) is 0 Å². The van der Waals surface area contributed by atoms with Gasteiger partial charge < -0.3 is 5.32 Å². The van der Waals surface area contributed by atoms with Gasteiger partial charge in [-0.15, -0.1) is 11.3 Å². The number of amides is 1. The smallest absolute Gasteiger partial charge is 0.257 e. The summed E-state index contributed by atoms with van der Waals surface area (Å²) in [4.78, 5) is 16.5. The second kappa shape index (κ2) is 7.30. The van der Waals surface area contributed by atoms with Crippen LogP contribution >= 0.6 is 11.3 Å². The van der Waals surface area contributed by atoms with Crippen molar-refractivity contribution in [2.75, 3.05) is 10.6 Å². The monoisotopic (exact) mass is 363 g/mol. The SMILES string of the molecule is Cc1csc(NC(=O)c2ccc(CNc3ccccc3C3CC3)cc2)n1. The number of benzene rings is 2. The number of aryl methyl sites for hydroxylation is 1. The molecule has 5 heteroatoms. The van der Waals surface area contributed by atoms with Crippen LogP contribution < -0.4 is 10.6 Å². The van der Waals surface area contributed by atoms with Crippen LogP contribution in [0.25, 0.3) is 0 Å². The van der Waals surface area contributed by atoms with Gasteiger partial charge in [0.25, 0.3) is 5.91 Å². The van der Waals surface area contributed by atoms with Crippen LogP contribution in [0.5, 0.6) is 0 Å². The lowest BCUT2D eigenvalue weighted by Crippen LogP contribution is -2.12. The molecule has 0 bridgehead atoms. The lowest BCUT2D eigenvalue weighted by molar-refractivity contribution is 0.102. The zero-order valence-corrected chi connectivity index (χ0v) is 15.5. The molecule has 1 aliphatic carbocycles. The molecule has 3 aromatic rings. The molecule has 0 radical (unpaired) electrons. The summed E-state index contributed by atoms with van der Waals surface area (Å²) in [7, 11) is 0. The van der Waals surface area contributed by atoms with E-state index in [9.17, 15) is 4.79 Å². The molecule has 1 aliphatic rings. The lowest BCUT2D eigenvalue weighted by Gasteiger charge is -2.12. The summed E-state index contributed by atoms with van der Waals surface area (Å²) in [6.45, 7) is 2.66. The molecule has 132 valence electrons. The predicted molar refractivity (Wildman–Crippen MR) is 107 cm³/mol. The molecule has 0 spiro atoms. The summed E-state index contributed by atoms with van der Waals surface area (Å²) in [5.41, 5.74) is 5.34. The minimum absolute atomic E-state index is 0.127. The van der Waals surface area contributed by atoms with Gasteiger partial charge in [-0.25, -0.2) is 4.98 Å². The first-order chi connectivity index (χ1) is 12.7. The van der Waals surface area contributed by atoms with Crippen LogP contribution in [0.4, 0.5) is 10.8 Å². The number of hydrogen-bond donors (Lipinski definition) is 2. The Morgan fingerprint density at radius 2 is 1.92 bits per heavy atom. The molecule has 0 unspecified atom stereocenters. The third kappa shape index (κ3) is 3.94. The minimum atomic E-state index is -0.127. The molecule has 4 rings (SSSR count). The molecule has 2 N–H and O–H groups in total. The van der Waals surface area contributed by atoms with Gasteiger partial charge in [0.15, 0.2) is 5.13 Å². The van der Waals surface area contributed by atoms with E-state index in [2.05, 4.69) is 39.9 Å². The van der Waals surface area contributed by atoms with E-state index in [0.29, 0.717) is 10.7 Å². The van der Waals surface area contributed by atoms with Crippen LogP contribution in [-0.4, -0.2) is 10.9 Å². The number of hydrogen-bond acceptors (Lipinski definition) is 4. The molecule has 1 aromatic heterocycles. The molecule has 0 atom stereocenters. The van der Waals surface area contributed by atoms with Crippen molar-refractivity contribution in [3.63, 3.8) is 0 Å². The molecule has 0 saturated heterocycles. The molecule has 4 nitrogen and oxygen atoms in total. The van der Waals surface area contributed by atoms with Crippen molar-refractivity contribution in [1.82, 2.24) is 4.98 Å². The molecular formula is C21H21N3OS. The lowest BCUT2D eigenvalue weighted by atomic mass is 10.1. The van der Waals surface area contributed by atoms with E-state index in [1.165, 1.54) is 35.4 Å². The van der Waals surface area contributed by atoms with E-state index in [0.717, 1.165) is 23.7 Å². The highest BCUT2D eigenvalue weighted by Crippen LogP contribution is 2.43. The number of aromatic nitrogens is 1. The molecule has 1 amide bonds.